The van der Waals surface area contributed by atoms with Gasteiger partial charge in [0.25, 0.3) is 0 Å². The van der Waals surface area contributed by atoms with Crippen molar-refractivity contribution in [3.05, 3.63) is 70.8 Å². The van der Waals surface area contributed by atoms with Crippen LogP contribution < -0.4 is 0 Å². The fourth-order valence-electron chi connectivity index (χ4n) is 2.14. The predicted octanol–water partition coefficient (Wildman–Crippen LogP) is 4.51. The van der Waals surface area contributed by atoms with E-state index in [4.69, 9.17) is 9.47 Å². The van der Waals surface area contributed by atoms with Gasteiger partial charge in [0.2, 0.25) is 0 Å². The molecule has 0 amide bonds. The summed E-state index contributed by atoms with van der Waals surface area (Å²) >= 11 is 3.08. The number of alkyl halides is 1. The third-order valence-corrected chi connectivity index (χ3v) is 4.15. The number of carbonyl (C=O) groups is 4. The molecule has 0 fully saturated rings. The summed E-state index contributed by atoms with van der Waals surface area (Å²) in [7, 11) is 0. The van der Waals surface area contributed by atoms with E-state index in [9.17, 15) is 19.2 Å². The summed E-state index contributed by atoms with van der Waals surface area (Å²) in [5, 5.41) is 0.283. The lowest BCUT2D eigenvalue weighted by Crippen LogP contribution is -2.05. The van der Waals surface area contributed by atoms with Crippen LogP contribution in [0.3, 0.4) is 0 Å². The molecule has 0 bridgehead atoms. The molecule has 7 heteroatoms. The number of benzene rings is 2. The molecule has 0 spiro atoms. The van der Waals surface area contributed by atoms with E-state index in [2.05, 4.69) is 15.9 Å². The maximum Gasteiger partial charge on any atom is 0.338 e. The van der Waals surface area contributed by atoms with Gasteiger partial charge in [0, 0.05) is 11.1 Å². The summed E-state index contributed by atoms with van der Waals surface area (Å²) in [5.74, 6) is -0.747. The molecule has 0 atom stereocenters. The first kappa shape index (κ1) is 24.2. The maximum atomic E-state index is 11.3. The Balaban J connectivity index is 0.000000291. The molecule has 0 N–H and O–H groups in total. The molecule has 0 aliphatic heterocycles. The zero-order valence-corrected chi connectivity index (χ0v) is 18.2. The lowest BCUT2D eigenvalue weighted by Gasteiger charge is -2.02. The Hall–Kier alpha value is -2.80. The number of ether oxygens (including phenoxy) is 2. The number of ketones is 2. The number of hydrogen-bond acceptors (Lipinski definition) is 6. The lowest BCUT2D eigenvalue weighted by molar-refractivity contribution is 0.0516. The van der Waals surface area contributed by atoms with Crippen molar-refractivity contribution in [3.8, 4) is 0 Å². The normalized spacial score (nSPS) is 9.66. The van der Waals surface area contributed by atoms with Crippen LogP contribution in [0.2, 0.25) is 0 Å². The molecule has 0 aliphatic carbocycles. The highest BCUT2D eigenvalue weighted by Gasteiger charge is 2.08. The summed E-state index contributed by atoms with van der Waals surface area (Å²) in [6.07, 6.45) is 0. The van der Waals surface area contributed by atoms with Crippen molar-refractivity contribution in [2.45, 2.75) is 20.8 Å². The Labute approximate surface area is 178 Å². The van der Waals surface area contributed by atoms with Gasteiger partial charge in [-0.2, -0.15) is 0 Å². The molecule has 0 heterocycles. The van der Waals surface area contributed by atoms with Gasteiger partial charge >= 0.3 is 11.9 Å². The highest BCUT2D eigenvalue weighted by molar-refractivity contribution is 9.09. The SMILES string of the molecule is CCOC(=O)c1ccc(C(=O)CBr)cc1.CCOC(=O)c1ccc(C(C)=O)cc1. The Morgan fingerprint density at radius 1 is 0.690 bits per heavy atom. The fourth-order valence-corrected chi connectivity index (χ4v) is 2.46. The number of rotatable bonds is 7. The van der Waals surface area contributed by atoms with Gasteiger partial charge < -0.3 is 9.47 Å². The first-order valence-electron chi connectivity index (χ1n) is 8.98. The second kappa shape index (κ2) is 12.6. The number of hydrogen-bond donors (Lipinski definition) is 0. The molecule has 0 unspecified atom stereocenters. The minimum atomic E-state index is -0.365. The number of halogens is 1. The van der Waals surface area contributed by atoms with Crippen molar-refractivity contribution in [2.24, 2.45) is 0 Å². The third-order valence-electron chi connectivity index (χ3n) is 3.64. The minimum Gasteiger partial charge on any atom is -0.462 e. The molecule has 2 aromatic carbocycles. The van der Waals surface area contributed by atoms with Gasteiger partial charge in [-0.1, -0.05) is 40.2 Å². The number of Topliss-reactive ketones (excluding diaryl/α,β-unsaturated/α-hetero) is 2. The predicted molar refractivity (Wildman–Crippen MR) is 113 cm³/mol. The van der Waals surface area contributed by atoms with Crippen molar-refractivity contribution >= 4 is 39.4 Å². The van der Waals surface area contributed by atoms with Gasteiger partial charge in [-0.3, -0.25) is 9.59 Å². The van der Waals surface area contributed by atoms with Crippen LogP contribution in [0.5, 0.6) is 0 Å². The first-order valence-corrected chi connectivity index (χ1v) is 10.1. The molecule has 0 saturated heterocycles. The Morgan fingerprint density at radius 3 is 1.34 bits per heavy atom. The highest BCUT2D eigenvalue weighted by atomic mass is 79.9. The van der Waals surface area contributed by atoms with Gasteiger partial charge in [0.1, 0.15) is 0 Å². The summed E-state index contributed by atoms with van der Waals surface area (Å²) < 4.78 is 9.63. The molecular weight excluding hydrogens is 440 g/mol. The van der Waals surface area contributed by atoms with E-state index in [1.807, 2.05) is 0 Å². The average Bonchev–Trinajstić information content (AvgIpc) is 2.74. The van der Waals surface area contributed by atoms with Crippen LogP contribution in [0, 0.1) is 0 Å². The monoisotopic (exact) mass is 462 g/mol. The largest absolute Gasteiger partial charge is 0.462 e. The van der Waals surface area contributed by atoms with Crippen LogP contribution >= 0.6 is 15.9 Å². The standard InChI is InChI=1S/C11H11BrO3.C11H12O3/c1-2-15-11(14)9-5-3-8(4-6-9)10(13)7-12;1-3-14-11(13)10-6-4-9(5-7-10)8(2)12/h3-6H,2,7H2,1H3;4-7H,3H2,1-2H3. The molecular formula is C22H23BrO6. The summed E-state index contributed by atoms with van der Waals surface area (Å²) in [6.45, 7) is 5.69. The molecule has 2 aromatic rings. The van der Waals surface area contributed by atoms with E-state index >= 15 is 0 Å². The van der Waals surface area contributed by atoms with Crippen LogP contribution in [-0.2, 0) is 9.47 Å². The van der Waals surface area contributed by atoms with Crippen LogP contribution in [0.4, 0.5) is 0 Å². The average molecular weight is 463 g/mol. The maximum absolute atomic E-state index is 11.3. The van der Waals surface area contributed by atoms with E-state index in [1.54, 1.807) is 62.4 Å². The first-order chi connectivity index (χ1) is 13.8. The van der Waals surface area contributed by atoms with Crippen molar-refractivity contribution in [1.29, 1.82) is 0 Å². The molecule has 0 aliphatic rings. The summed E-state index contributed by atoms with van der Waals surface area (Å²) in [4.78, 5) is 44.7. The Morgan fingerprint density at radius 2 is 1.03 bits per heavy atom. The number of carbonyl (C=O) groups excluding carboxylic acids is 4. The van der Waals surface area contributed by atoms with Crippen molar-refractivity contribution in [1.82, 2.24) is 0 Å². The molecule has 154 valence electrons. The van der Waals surface area contributed by atoms with E-state index < -0.39 is 0 Å². The zero-order valence-electron chi connectivity index (χ0n) is 16.6. The molecule has 0 radical (unpaired) electrons. The van der Waals surface area contributed by atoms with Crippen molar-refractivity contribution < 1.29 is 28.7 Å². The smallest absolute Gasteiger partial charge is 0.338 e. The van der Waals surface area contributed by atoms with Crippen LogP contribution in [0.1, 0.15) is 62.2 Å². The third kappa shape index (κ3) is 7.99. The molecule has 0 aromatic heterocycles. The van der Waals surface area contributed by atoms with Crippen LogP contribution in [0.15, 0.2) is 48.5 Å². The topological polar surface area (TPSA) is 86.7 Å². The van der Waals surface area contributed by atoms with Crippen molar-refractivity contribution in [3.63, 3.8) is 0 Å². The van der Waals surface area contributed by atoms with Gasteiger partial charge in [-0.25, -0.2) is 9.59 Å². The zero-order chi connectivity index (χ0) is 21.8. The lowest BCUT2D eigenvalue weighted by atomic mass is 10.1. The molecule has 0 saturated carbocycles. The quantitative estimate of drug-likeness (QED) is 0.341. The van der Waals surface area contributed by atoms with E-state index in [1.165, 1.54) is 6.92 Å². The second-order valence-corrected chi connectivity index (χ2v) is 6.27. The summed E-state index contributed by atoms with van der Waals surface area (Å²) in [5.41, 5.74) is 2.11. The Kier molecular flexibility index (Phi) is 10.5. The Bertz CT molecular complexity index is 841. The highest BCUT2D eigenvalue weighted by Crippen LogP contribution is 2.08. The van der Waals surface area contributed by atoms with Crippen LogP contribution in [0.25, 0.3) is 0 Å². The van der Waals surface area contributed by atoms with E-state index in [-0.39, 0.29) is 28.8 Å². The minimum absolute atomic E-state index is 0.00888. The second-order valence-electron chi connectivity index (χ2n) is 5.71. The van der Waals surface area contributed by atoms with E-state index in [0.717, 1.165) is 0 Å². The number of esters is 2. The van der Waals surface area contributed by atoms with Crippen LogP contribution in [-0.4, -0.2) is 42.0 Å². The van der Waals surface area contributed by atoms with E-state index in [0.29, 0.717) is 35.5 Å². The van der Waals surface area contributed by atoms with Gasteiger partial charge in [0.05, 0.1) is 29.7 Å². The molecule has 2 rings (SSSR count). The molecule has 29 heavy (non-hydrogen) atoms. The van der Waals surface area contributed by atoms with Gasteiger partial charge in [0.15, 0.2) is 11.6 Å². The van der Waals surface area contributed by atoms with Crippen molar-refractivity contribution in [2.75, 3.05) is 18.5 Å². The van der Waals surface area contributed by atoms with Gasteiger partial charge in [-0.05, 0) is 45.0 Å². The summed E-state index contributed by atoms with van der Waals surface area (Å²) in [6, 6.07) is 12.8. The van der Waals surface area contributed by atoms with Gasteiger partial charge in [-0.15, -0.1) is 0 Å². The molecule has 6 nitrogen and oxygen atoms in total. The fraction of sp³-hybridized carbons (Fsp3) is 0.273.